The molecule has 0 saturated heterocycles. The van der Waals surface area contributed by atoms with Crippen LogP contribution in [-0.4, -0.2) is 46.8 Å². The maximum Gasteiger partial charge on any atom is 0.272 e. The van der Waals surface area contributed by atoms with Gasteiger partial charge in [0.15, 0.2) is 17.6 Å². The van der Waals surface area contributed by atoms with E-state index < -0.39 is 17.6 Å². The molecule has 2 amide bonds. The first-order valence-corrected chi connectivity index (χ1v) is 10.3. The van der Waals surface area contributed by atoms with E-state index in [1.165, 1.54) is 5.01 Å². The SMILES string of the molecule is Cc1cc(C)cc(C(=O)N(NC(=O)c2ccc3c(c2C)OC(CO)CO3)C(C)(C)C)c1. The van der Waals surface area contributed by atoms with Gasteiger partial charge < -0.3 is 14.6 Å². The maximum absolute atomic E-state index is 13.3. The lowest BCUT2D eigenvalue weighted by Gasteiger charge is -2.36. The van der Waals surface area contributed by atoms with Crippen LogP contribution in [-0.2, 0) is 0 Å². The highest BCUT2D eigenvalue weighted by molar-refractivity contribution is 6.00. The van der Waals surface area contributed by atoms with Crippen LogP contribution in [0.5, 0.6) is 11.5 Å². The van der Waals surface area contributed by atoms with E-state index in [4.69, 9.17) is 9.47 Å². The Bertz CT molecular complexity index is 990. The van der Waals surface area contributed by atoms with Crippen LogP contribution in [0.2, 0.25) is 0 Å². The Morgan fingerprint density at radius 1 is 1.13 bits per heavy atom. The van der Waals surface area contributed by atoms with Crippen molar-refractivity contribution in [2.24, 2.45) is 0 Å². The number of aliphatic hydroxyl groups is 1. The van der Waals surface area contributed by atoms with Crippen molar-refractivity contribution in [3.05, 3.63) is 58.1 Å². The first-order chi connectivity index (χ1) is 14.5. The van der Waals surface area contributed by atoms with E-state index in [-0.39, 0.29) is 19.1 Å². The molecule has 1 aliphatic rings. The van der Waals surface area contributed by atoms with Gasteiger partial charge in [-0.3, -0.25) is 15.0 Å². The molecule has 1 atom stereocenters. The number of carbonyl (C=O) groups excluding carboxylic acids is 2. The molecule has 2 aromatic carbocycles. The van der Waals surface area contributed by atoms with Crippen LogP contribution in [0.4, 0.5) is 0 Å². The number of benzene rings is 2. The largest absolute Gasteiger partial charge is 0.486 e. The van der Waals surface area contributed by atoms with E-state index in [0.29, 0.717) is 28.2 Å². The zero-order valence-corrected chi connectivity index (χ0v) is 18.9. The second-order valence-electron chi connectivity index (χ2n) is 8.93. The third-order valence-electron chi connectivity index (χ3n) is 5.08. The second kappa shape index (κ2) is 8.59. The van der Waals surface area contributed by atoms with Crippen molar-refractivity contribution in [3.63, 3.8) is 0 Å². The fourth-order valence-electron chi connectivity index (χ4n) is 3.56. The molecule has 0 spiro atoms. The zero-order valence-electron chi connectivity index (χ0n) is 18.9. The lowest BCUT2D eigenvalue weighted by atomic mass is 10.0. The number of hydrogen-bond acceptors (Lipinski definition) is 5. The molecule has 2 N–H and O–H groups in total. The summed E-state index contributed by atoms with van der Waals surface area (Å²) >= 11 is 0. The topological polar surface area (TPSA) is 88.1 Å². The summed E-state index contributed by atoms with van der Waals surface area (Å²) in [5.41, 5.74) is 5.54. The Labute approximate surface area is 182 Å². The zero-order chi connectivity index (χ0) is 22.9. The number of rotatable bonds is 3. The molecule has 0 fully saturated rings. The molecule has 7 nitrogen and oxygen atoms in total. The Balaban J connectivity index is 1.91. The first-order valence-electron chi connectivity index (χ1n) is 10.3. The molecule has 166 valence electrons. The minimum Gasteiger partial charge on any atom is -0.486 e. The number of amides is 2. The molecule has 1 unspecified atom stereocenters. The van der Waals surface area contributed by atoms with Gasteiger partial charge in [0.25, 0.3) is 11.8 Å². The summed E-state index contributed by atoms with van der Waals surface area (Å²) in [6, 6.07) is 8.93. The molecule has 0 bridgehead atoms. The van der Waals surface area contributed by atoms with Crippen molar-refractivity contribution in [1.82, 2.24) is 10.4 Å². The number of ether oxygens (including phenoxy) is 2. The van der Waals surface area contributed by atoms with Crippen LogP contribution in [0.15, 0.2) is 30.3 Å². The summed E-state index contributed by atoms with van der Waals surface area (Å²) in [5, 5.41) is 10.7. The molecule has 2 aromatic rings. The third-order valence-corrected chi connectivity index (χ3v) is 5.08. The summed E-state index contributed by atoms with van der Waals surface area (Å²) in [6.45, 7) is 11.3. The predicted molar refractivity (Wildman–Crippen MR) is 117 cm³/mol. The molecular weight excluding hydrogens is 396 g/mol. The van der Waals surface area contributed by atoms with Gasteiger partial charge in [0.2, 0.25) is 0 Å². The van der Waals surface area contributed by atoms with E-state index in [0.717, 1.165) is 11.1 Å². The fraction of sp³-hybridized carbons (Fsp3) is 0.417. The molecule has 3 rings (SSSR count). The van der Waals surface area contributed by atoms with Crippen LogP contribution < -0.4 is 14.9 Å². The average Bonchev–Trinajstić information content (AvgIpc) is 2.70. The van der Waals surface area contributed by atoms with Crippen LogP contribution >= 0.6 is 0 Å². The van der Waals surface area contributed by atoms with Gasteiger partial charge in [0.05, 0.1) is 12.1 Å². The van der Waals surface area contributed by atoms with E-state index in [9.17, 15) is 14.7 Å². The van der Waals surface area contributed by atoms with E-state index in [2.05, 4.69) is 5.43 Å². The number of nitrogens with one attached hydrogen (secondary N) is 1. The Hall–Kier alpha value is -3.06. The standard InChI is InChI=1S/C24H30N2O5/c1-14-9-15(2)11-17(10-14)23(29)26(24(4,5)6)25-22(28)19-7-8-20-21(16(19)3)31-18(12-27)13-30-20/h7-11,18,27H,12-13H2,1-6H3,(H,25,28). The van der Waals surface area contributed by atoms with Crippen molar-refractivity contribution in [3.8, 4) is 11.5 Å². The van der Waals surface area contributed by atoms with E-state index >= 15 is 0 Å². The molecule has 1 heterocycles. The quantitative estimate of drug-likeness (QED) is 0.735. The van der Waals surface area contributed by atoms with E-state index in [1.807, 2.05) is 52.8 Å². The van der Waals surface area contributed by atoms with Crippen LogP contribution in [0, 0.1) is 20.8 Å². The summed E-state index contributed by atoms with van der Waals surface area (Å²) in [4.78, 5) is 26.5. The van der Waals surface area contributed by atoms with Crippen molar-refractivity contribution in [2.45, 2.75) is 53.2 Å². The second-order valence-corrected chi connectivity index (χ2v) is 8.93. The predicted octanol–water partition coefficient (Wildman–Crippen LogP) is 3.33. The van der Waals surface area contributed by atoms with Crippen molar-refractivity contribution < 1.29 is 24.2 Å². The number of hydrazine groups is 1. The lowest BCUT2D eigenvalue weighted by Crippen LogP contribution is -2.56. The van der Waals surface area contributed by atoms with Gasteiger partial charge in [0, 0.05) is 16.7 Å². The number of carbonyl (C=O) groups is 2. The molecular formula is C24H30N2O5. The van der Waals surface area contributed by atoms with Crippen LogP contribution in [0.25, 0.3) is 0 Å². The molecule has 7 heteroatoms. The van der Waals surface area contributed by atoms with Gasteiger partial charge in [-0.05, 0) is 65.8 Å². The third kappa shape index (κ3) is 4.82. The highest BCUT2D eigenvalue weighted by Gasteiger charge is 2.31. The summed E-state index contributed by atoms with van der Waals surface area (Å²) in [7, 11) is 0. The summed E-state index contributed by atoms with van der Waals surface area (Å²) in [5.74, 6) is 0.240. The molecule has 0 aliphatic carbocycles. The van der Waals surface area contributed by atoms with Gasteiger partial charge in [-0.2, -0.15) is 0 Å². The Kier molecular flexibility index (Phi) is 6.27. The molecule has 31 heavy (non-hydrogen) atoms. The monoisotopic (exact) mass is 426 g/mol. The van der Waals surface area contributed by atoms with Crippen molar-refractivity contribution in [2.75, 3.05) is 13.2 Å². The average molecular weight is 427 g/mol. The van der Waals surface area contributed by atoms with Gasteiger partial charge in [-0.1, -0.05) is 17.2 Å². The van der Waals surface area contributed by atoms with E-state index in [1.54, 1.807) is 19.1 Å². The van der Waals surface area contributed by atoms with Gasteiger partial charge in [-0.25, -0.2) is 5.01 Å². The fourth-order valence-corrected chi connectivity index (χ4v) is 3.56. The number of fused-ring (bicyclic) bond motifs is 1. The van der Waals surface area contributed by atoms with Crippen LogP contribution in [0.1, 0.15) is 58.2 Å². The lowest BCUT2D eigenvalue weighted by molar-refractivity contribution is 0.0354. The highest BCUT2D eigenvalue weighted by atomic mass is 16.6. The Morgan fingerprint density at radius 3 is 2.35 bits per heavy atom. The highest BCUT2D eigenvalue weighted by Crippen LogP contribution is 2.37. The summed E-state index contributed by atoms with van der Waals surface area (Å²) < 4.78 is 11.4. The minimum atomic E-state index is -0.659. The number of aliphatic hydroxyl groups excluding tert-OH is 1. The van der Waals surface area contributed by atoms with Crippen molar-refractivity contribution in [1.29, 1.82) is 0 Å². The molecule has 1 aliphatic heterocycles. The molecule has 0 saturated carbocycles. The smallest absolute Gasteiger partial charge is 0.272 e. The molecule has 0 radical (unpaired) electrons. The Morgan fingerprint density at radius 2 is 1.77 bits per heavy atom. The minimum absolute atomic E-state index is 0.183. The number of nitrogens with zero attached hydrogens (tertiary/aromatic N) is 1. The van der Waals surface area contributed by atoms with Gasteiger partial charge in [-0.15, -0.1) is 0 Å². The number of aryl methyl sites for hydroxylation is 2. The molecule has 0 aromatic heterocycles. The maximum atomic E-state index is 13.3. The first kappa shape index (κ1) is 22.6. The number of hydrogen-bond donors (Lipinski definition) is 2. The van der Waals surface area contributed by atoms with Gasteiger partial charge in [0.1, 0.15) is 6.61 Å². The van der Waals surface area contributed by atoms with Gasteiger partial charge >= 0.3 is 0 Å². The van der Waals surface area contributed by atoms with Crippen molar-refractivity contribution >= 4 is 11.8 Å². The summed E-state index contributed by atoms with van der Waals surface area (Å²) in [6.07, 6.45) is -0.485. The normalized spacial score (nSPS) is 15.4. The van der Waals surface area contributed by atoms with Crippen LogP contribution in [0.3, 0.4) is 0 Å².